The number of para-hydroxylation sites is 2. The van der Waals surface area contributed by atoms with Gasteiger partial charge in [0.05, 0.1) is 11.0 Å². The van der Waals surface area contributed by atoms with Crippen LogP contribution in [0.25, 0.3) is 11.0 Å². The Kier molecular flexibility index (Phi) is 4.05. The van der Waals surface area contributed by atoms with Crippen molar-refractivity contribution in [1.82, 2.24) is 9.55 Å². The van der Waals surface area contributed by atoms with Crippen LogP contribution >= 0.6 is 0 Å². The molecular weight excluding hydrogens is 278 g/mol. The second-order valence-electron chi connectivity index (χ2n) is 4.86. The van der Waals surface area contributed by atoms with Crippen molar-refractivity contribution in [2.75, 3.05) is 5.32 Å². The quantitative estimate of drug-likeness (QED) is 0.796. The van der Waals surface area contributed by atoms with Gasteiger partial charge in [-0.05, 0) is 24.6 Å². The summed E-state index contributed by atoms with van der Waals surface area (Å²) in [5.74, 6) is 0.502. The van der Waals surface area contributed by atoms with Crippen LogP contribution in [-0.4, -0.2) is 15.6 Å². The Labute approximate surface area is 128 Å². The van der Waals surface area contributed by atoms with Crippen molar-refractivity contribution in [2.45, 2.75) is 20.1 Å². The van der Waals surface area contributed by atoms with Crippen LogP contribution in [0.1, 0.15) is 12.5 Å². The van der Waals surface area contributed by atoms with Crippen LogP contribution in [0.15, 0.2) is 54.6 Å². The molecule has 5 heteroatoms. The first kappa shape index (κ1) is 14.1. The van der Waals surface area contributed by atoms with Gasteiger partial charge in [-0.25, -0.2) is 9.78 Å². The molecule has 1 heterocycles. The van der Waals surface area contributed by atoms with Crippen LogP contribution in [0.5, 0.6) is 0 Å². The average molecular weight is 295 g/mol. The number of aryl methyl sites for hydroxylation is 1. The molecule has 0 spiro atoms. The van der Waals surface area contributed by atoms with Gasteiger partial charge in [-0.2, -0.15) is 0 Å². The number of fused-ring (bicyclic) bond motifs is 1. The van der Waals surface area contributed by atoms with Crippen LogP contribution < -0.4 is 5.32 Å². The number of anilines is 1. The summed E-state index contributed by atoms with van der Waals surface area (Å²) in [5, 5.41) is 2.71. The summed E-state index contributed by atoms with van der Waals surface area (Å²) in [6, 6.07) is 17.3. The maximum absolute atomic E-state index is 11.9. The number of nitrogens with one attached hydrogen (secondary N) is 1. The number of benzene rings is 2. The molecule has 2 aromatic carbocycles. The number of carbonyl (C=O) groups excluding carboxylic acids is 1. The van der Waals surface area contributed by atoms with Gasteiger partial charge in [-0.1, -0.05) is 42.5 Å². The molecule has 22 heavy (non-hydrogen) atoms. The van der Waals surface area contributed by atoms with E-state index < -0.39 is 6.09 Å². The minimum atomic E-state index is -0.506. The van der Waals surface area contributed by atoms with Gasteiger partial charge < -0.3 is 9.30 Å². The number of amides is 1. The molecule has 1 N–H and O–H groups in total. The summed E-state index contributed by atoms with van der Waals surface area (Å²) in [4.78, 5) is 16.4. The molecule has 0 fully saturated rings. The molecule has 0 aliphatic heterocycles. The normalized spacial score (nSPS) is 10.6. The van der Waals surface area contributed by atoms with E-state index in [1.807, 2.05) is 66.1 Å². The molecule has 3 rings (SSSR count). The van der Waals surface area contributed by atoms with Crippen LogP contribution in [0, 0.1) is 0 Å². The zero-order valence-electron chi connectivity index (χ0n) is 12.3. The zero-order chi connectivity index (χ0) is 15.4. The fraction of sp³-hybridized carbons (Fsp3) is 0.176. The smallest absolute Gasteiger partial charge is 0.414 e. The Morgan fingerprint density at radius 2 is 1.86 bits per heavy atom. The Morgan fingerprint density at radius 1 is 1.14 bits per heavy atom. The molecule has 3 aromatic rings. The highest BCUT2D eigenvalue weighted by Crippen LogP contribution is 2.19. The summed E-state index contributed by atoms with van der Waals surface area (Å²) in [7, 11) is 0. The molecule has 1 amide bonds. The van der Waals surface area contributed by atoms with Gasteiger partial charge in [0.15, 0.2) is 0 Å². The van der Waals surface area contributed by atoms with Crippen LogP contribution in [-0.2, 0) is 17.9 Å². The number of rotatable bonds is 4. The molecular formula is C17H17N3O2. The lowest BCUT2D eigenvalue weighted by molar-refractivity contribution is 0.155. The standard InChI is InChI=1S/C17H17N3O2/c1-2-20-15-11-7-6-10-14(15)18-16(20)19-17(21)22-12-13-8-4-3-5-9-13/h3-11H,2,12H2,1H3,(H,18,19,21). The molecule has 0 saturated carbocycles. The van der Waals surface area contributed by atoms with Gasteiger partial charge >= 0.3 is 6.09 Å². The van der Waals surface area contributed by atoms with Gasteiger partial charge in [0.2, 0.25) is 5.95 Å². The number of hydrogen-bond donors (Lipinski definition) is 1. The first-order valence-corrected chi connectivity index (χ1v) is 7.21. The molecule has 0 aliphatic rings. The zero-order valence-corrected chi connectivity index (χ0v) is 12.3. The van der Waals surface area contributed by atoms with E-state index in [0.717, 1.165) is 23.1 Å². The SMILES string of the molecule is CCn1c(NC(=O)OCc2ccccc2)nc2ccccc21. The topological polar surface area (TPSA) is 56.2 Å². The third kappa shape index (κ3) is 2.93. The number of ether oxygens (including phenoxy) is 1. The maximum atomic E-state index is 11.9. The van der Waals surface area contributed by atoms with Gasteiger partial charge in [-0.15, -0.1) is 0 Å². The summed E-state index contributed by atoms with van der Waals surface area (Å²) < 4.78 is 7.17. The van der Waals surface area contributed by atoms with Crippen LogP contribution in [0.3, 0.4) is 0 Å². The maximum Gasteiger partial charge on any atom is 0.414 e. The van der Waals surface area contributed by atoms with Crippen molar-refractivity contribution in [1.29, 1.82) is 0 Å². The van der Waals surface area contributed by atoms with E-state index in [0.29, 0.717) is 5.95 Å². The van der Waals surface area contributed by atoms with Crippen molar-refractivity contribution in [3.8, 4) is 0 Å². The summed E-state index contributed by atoms with van der Waals surface area (Å²) in [6.45, 7) is 2.96. The van der Waals surface area contributed by atoms with Crippen molar-refractivity contribution < 1.29 is 9.53 Å². The molecule has 0 atom stereocenters. The number of nitrogens with zero attached hydrogens (tertiary/aromatic N) is 2. The number of carbonyl (C=O) groups is 1. The van der Waals surface area contributed by atoms with Crippen molar-refractivity contribution in [3.63, 3.8) is 0 Å². The lowest BCUT2D eigenvalue weighted by Gasteiger charge is -2.08. The Hall–Kier alpha value is -2.82. The van der Waals surface area contributed by atoms with Gasteiger partial charge in [-0.3, -0.25) is 5.32 Å². The fourth-order valence-electron chi connectivity index (χ4n) is 2.34. The van der Waals surface area contributed by atoms with Gasteiger partial charge in [0.1, 0.15) is 6.61 Å². The minimum Gasteiger partial charge on any atom is -0.444 e. The van der Waals surface area contributed by atoms with E-state index >= 15 is 0 Å². The molecule has 0 radical (unpaired) electrons. The first-order chi connectivity index (χ1) is 10.8. The third-order valence-electron chi connectivity index (χ3n) is 3.40. The van der Waals surface area contributed by atoms with E-state index in [9.17, 15) is 4.79 Å². The monoisotopic (exact) mass is 295 g/mol. The first-order valence-electron chi connectivity index (χ1n) is 7.21. The fourth-order valence-corrected chi connectivity index (χ4v) is 2.34. The van der Waals surface area contributed by atoms with E-state index in [1.54, 1.807) is 0 Å². The second-order valence-corrected chi connectivity index (χ2v) is 4.86. The van der Waals surface area contributed by atoms with Crippen molar-refractivity contribution >= 4 is 23.1 Å². The predicted octanol–water partition coefficient (Wildman–Crippen LogP) is 3.80. The van der Waals surface area contributed by atoms with Crippen LogP contribution in [0.4, 0.5) is 10.7 Å². The average Bonchev–Trinajstić information content (AvgIpc) is 2.91. The molecule has 1 aromatic heterocycles. The lowest BCUT2D eigenvalue weighted by Crippen LogP contribution is -2.16. The van der Waals surface area contributed by atoms with Crippen molar-refractivity contribution in [3.05, 3.63) is 60.2 Å². The van der Waals surface area contributed by atoms with Gasteiger partial charge in [0, 0.05) is 6.54 Å². The third-order valence-corrected chi connectivity index (χ3v) is 3.40. The minimum absolute atomic E-state index is 0.235. The highest BCUT2D eigenvalue weighted by atomic mass is 16.5. The second kappa shape index (κ2) is 6.30. The lowest BCUT2D eigenvalue weighted by atomic mass is 10.2. The summed E-state index contributed by atoms with van der Waals surface area (Å²) in [6.07, 6.45) is -0.506. The highest BCUT2D eigenvalue weighted by molar-refractivity contribution is 5.86. The van der Waals surface area contributed by atoms with Gasteiger partial charge in [0.25, 0.3) is 0 Å². The molecule has 112 valence electrons. The molecule has 5 nitrogen and oxygen atoms in total. The highest BCUT2D eigenvalue weighted by Gasteiger charge is 2.12. The Balaban J connectivity index is 1.71. The largest absolute Gasteiger partial charge is 0.444 e. The molecule has 0 bridgehead atoms. The van der Waals surface area contributed by atoms with Crippen molar-refractivity contribution in [2.24, 2.45) is 0 Å². The Morgan fingerprint density at radius 3 is 2.64 bits per heavy atom. The van der Waals surface area contributed by atoms with E-state index in [1.165, 1.54) is 0 Å². The van der Waals surface area contributed by atoms with E-state index in [4.69, 9.17) is 4.74 Å². The molecule has 0 unspecified atom stereocenters. The summed E-state index contributed by atoms with van der Waals surface area (Å²) >= 11 is 0. The molecule has 0 aliphatic carbocycles. The van der Waals surface area contributed by atoms with Crippen LogP contribution in [0.2, 0.25) is 0 Å². The Bertz CT molecular complexity index is 781. The number of aromatic nitrogens is 2. The number of hydrogen-bond acceptors (Lipinski definition) is 3. The van der Waals surface area contributed by atoms with E-state index in [2.05, 4.69) is 10.3 Å². The number of imidazole rings is 1. The molecule has 0 saturated heterocycles. The predicted molar refractivity (Wildman–Crippen MR) is 85.7 cm³/mol. The van der Waals surface area contributed by atoms with E-state index in [-0.39, 0.29) is 6.61 Å². The summed E-state index contributed by atoms with van der Waals surface area (Å²) in [5.41, 5.74) is 2.78.